The molecule has 1 aromatic rings. The molecule has 1 saturated heterocycles. The third-order valence-corrected chi connectivity index (χ3v) is 2.75. The number of hydrogen-bond donors (Lipinski definition) is 1. The van der Waals surface area contributed by atoms with Gasteiger partial charge in [-0.05, 0) is 5.92 Å². The molecule has 0 atom stereocenters. The molecule has 0 aliphatic carbocycles. The Morgan fingerprint density at radius 2 is 2.33 bits per heavy atom. The van der Waals surface area contributed by atoms with Crippen molar-refractivity contribution in [2.45, 2.75) is 19.3 Å². The van der Waals surface area contributed by atoms with E-state index in [1.807, 2.05) is 0 Å². The van der Waals surface area contributed by atoms with E-state index in [2.05, 4.69) is 29.3 Å². The highest BCUT2D eigenvalue weighted by Gasteiger charge is 2.45. The molecule has 12 heavy (non-hydrogen) atoms. The maximum Gasteiger partial charge on any atom is 0.0935 e. The number of nitrogens with zero attached hydrogens (tertiary/aromatic N) is 2. The molecule has 0 amide bonds. The summed E-state index contributed by atoms with van der Waals surface area (Å²) in [6.07, 6.45) is 1.79. The SMILES string of the molecule is CC(C)C1(c2cn[nH]n2)COC1. The van der Waals surface area contributed by atoms with Gasteiger partial charge in [-0.3, -0.25) is 0 Å². The van der Waals surface area contributed by atoms with Crippen LogP contribution in [-0.4, -0.2) is 28.6 Å². The minimum absolute atomic E-state index is 0.118. The van der Waals surface area contributed by atoms with Gasteiger partial charge in [0.25, 0.3) is 0 Å². The van der Waals surface area contributed by atoms with Crippen molar-refractivity contribution in [1.82, 2.24) is 15.4 Å². The summed E-state index contributed by atoms with van der Waals surface area (Å²) >= 11 is 0. The molecule has 1 fully saturated rings. The average molecular weight is 167 g/mol. The van der Waals surface area contributed by atoms with Crippen LogP contribution in [0.25, 0.3) is 0 Å². The van der Waals surface area contributed by atoms with Crippen LogP contribution < -0.4 is 0 Å². The lowest BCUT2D eigenvalue weighted by atomic mass is 9.73. The van der Waals surface area contributed by atoms with Crippen molar-refractivity contribution in [2.75, 3.05) is 13.2 Å². The normalized spacial score (nSPS) is 20.9. The van der Waals surface area contributed by atoms with Gasteiger partial charge in [0.05, 0.1) is 30.5 Å². The smallest absolute Gasteiger partial charge is 0.0935 e. The lowest BCUT2D eigenvalue weighted by Gasteiger charge is -2.43. The summed E-state index contributed by atoms with van der Waals surface area (Å²) in [5, 5.41) is 10.6. The quantitative estimate of drug-likeness (QED) is 0.706. The molecule has 4 heteroatoms. The zero-order valence-corrected chi connectivity index (χ0v) is 7.37. The van der Waals surface area contributed by atoms with Crippen LogP contribution >= 0.6 is 0 Å². The summed E-state index contributed by atoms with van der Waals surface area (Å²) in [5.41, 5.74) is 1.15. The van der Waals surface area contributed by atoms with Crippen molar-refractivity contribution >= 4 is 0 Å². The highest BCUT2D eigenvalue weighted by Crippen LogP contribution is 2.37. The fraction of sp³-hybridized carbons (Fsp3) is 0.750. The fourth-order valence-corrected chi connectivity index (χ4v) is 1.54. The van der Waals surface area contributed by atoms with Crippen LogP contribution in [0, 0.1) is 5.92 Å². The van der Waals surface area contributed by atoms with Crippen molar-refractivity contribution in [3.05, 3.63) is 11.9 Å². The Balaban J connectivity index is 2.29. The lowest BCUT2D eigenvalue weighted by molar-refractivity contribution is -0.0858. The van der Waals surface area contributed by atoms with Crippen LogP contribution in [0.2, 0.25) is 0 Å². The zero-order valence-electron chi connectivity index (χ0n) is 7.37. The molecule has 66 valence electrons. The number of hydrogen-bond acceptors (Lipinski definition) is 3. The predicted octanol–water partition coefficient (Wildman–Crippen LogP) is 0.729. The summed E-state index contributed by atoms with van der Waals surface area (Å²) in [6.45, 7) is 5.93. The monoisotopic (exact) mass is 167 g/mol. The van der Waals surface area contributed by atoms with Crippen LogP contribution in [0.15, 0.2) is 6.20 Å². The molecule has 0 aromatic carbocycles. The van der Waals surface area contributed by atoms with Gasteiger partial charge >= 0.3 is 0 Å². The van der Waals surface area contributed by atoms with E-state index in [0.29, 0.717) is 5.92 Å². The van der Waals surface area contributed by atoms with Gasteiger partial charge in [-0.15, -0.1) is 0 Å². The van der Waals surface area contributed by atoms with Gasteiger partial charge in [-0.1, -0.05) is 13.8 Å². The van der Waals surface area contributed by atoms with E-state index in [-0.39, 0.29) is 5.41 Å². The first-order valence-corrected chi connectivity index (χ1v) is 4.20. The van der Waals surface area contributed by atoms with Crippen LogP contribution in [0.3, 0.4) is 0 Å². The molecule has 4 nitrogen and oxygen atoms in total. The molecule has 0 radical (unpaired) electrons. The number of ether oxygens (including phenoxy) is 1. The molecule has 0 unspecified atom stereocenters. The Labute approximate surface area is 71.3 Å². The standard InChI is InChI=1S/C8H13N3O/c1-6(2)8(4-12-5-8)7-3-9-11-10-7/h3,6H,4-5H2,1-2H3,(H,9,10,11). The number of rotatable bonds is 2. The second-order valence-corrected chi connectivity index (χ2v) is 3.66. The first-order valence-electron chi connectivity index (χ1n) is 4.20. The summed E-state index contributed by atoms with van der Waals surface area (Å²) in [6, 6.07) is 0. The second kappa shape index (κ2) is 2.55. The minimum atomic E-state index is 0.118. The summed E-state index contributed by atoms with van der Waals surface area (Å²) in [5.74, 6) is 0.552. The van der Waals surface area contributed by atoms with Gasteiger partial charge in [0, 0.05) is 0 Å². The van der Waals surface area contributed by atoms with Gasteiger partial charge in [-0.25, -0.2) is 0 Å². The highest BCUT2D eigenvalue weighted by atomic mass is 16.5. The lowest BCUT2D eigenvalue weighted by Crippen LogP contribution is -2.51. The molecular formula is C8H13N3O. The number of H-pyrrole nitrogens is 1. The molecule has 1 aromatic heterocycles. The van der Waals surface area contributed by atoms with Crippen molar-refractivity contribution in [3.8, 4) is 0 Å². The maximum atomic E-state index is 5.24. The number of nitrogens with one attached hydrogen (secondary N) is 1. The molecule has 0 bridgehead atoms. The molecule has 1 aliphatic heterocycles. The number of aromatic nitrogens is 3. The molecule has 1 aliphatic rings. The van der Waals surface area contributed by atoms with Gasteiger partial charge in [0.2, 0.25) is 0 Å². The molecule has 2 heterocycles. The van der Waals surface area contributed by atoms with E-state index in [4.69, 9.17) is 4.74 Å². The Morgan fingerprint density at radius 3 is 2.67 bits per heavy atom. The van der Waals surface area contributed by atoms with E-state index in [9.17, 15) is 0 Å². The number of aromatic amines is 1. The Hall–Kier alpha value is -0.900. The highest BCUT2D eigenvalue weighted by molar-refractivity contribution is 5.17. The average Bonchev–Trinajstić information content (AvgIpc) is 2.35. The summed E-state index contributed by atoms with van der Waals surface area (Å²) < 4.78 is 5.24. The fourth-order valence-electron chi connectivity index (χ4n) is 1.54. The summed E-state index contributed by atoms with van der Waals surface area (Å²) in [7, 11) is 0. The predicted molar refractivity (Wildman–Crippen MR) is 43.7 cm³/mol. The first-order chi connectivity index (χ1) is 5.76. The van der Waals surface area contributed by atoms with Crippen LogP contribution in [0.1, 0.15) is 19.5 Å². The van der Waals surface area contributed by atoms with Gasteiger partial charge in [-0.2, -0.15) is 15.4 Å². The van der Waals surface area contributed by atoms with E-state index in [1.165, 1.54) is 0 Å². The maximum absolute atomic E-state index is 5.24. The topological polar surface area (TPSA) is 50.8 Å². The van der Waals surface area contributed by atoms with Crippen molar-refractivity contribution in [1.29, 1.82) is 0 Å². The molecule has 1 N–H and O–H groups in total. The van der Waals surface area contributed by atoms with E-state index in [1.54, 1.807) is 6.20 Å². The molecule has 0 spiro atoms. The zero-order chi connectivity index (χ0) is 8.60. The molecular weight excluding hydrogens is 154 g/mol. The Bertz CT molecular complexity index is 251. The minimum Gasteiger partial charge on any atom is -0.379 e. The van der Waals surface area contributed by atoms with Crippen LogP contribution in [0.5, 0.6) is 0 Å². The van der Waals surface area contributed by atoms with Gasteiger partial charge in [0.15, 0.2) is 0 Å². The van der Waals surface area contributed by atoms with Crippen molar-refractivity contribution in [3.63, 3.8) is 0 Å². The van der Waals surface area contributed by atoms with Crippen molar-refractivity contribution < 1.29 is 4.74 Å². The van der Waals surface area contributed by atoms with E-state index >= 15 is 0 Å². The van der Waals surface area contributed by atoms with E-state index < -0.39 is 0 Å². The first kappa shape index (κ1) is 7.73. The van der Waals surface area contributed by atoms with Gasteiger partial charge in [0.1, 0.15) is 0 Å². The molecule has 0 saturated carbocycles. The third-order valence-electron chi connectivity index (χ3n) is 2.75. The van der Waals surface area contributed by atoms with Crippen LogP contribution in [-0.2, 0) is 10.2 Å². The van der Waals surface area contributed by atoms with Gasteiger partial charge < -0.3 is 4.74 Å². The Morgan fingerprint density at radius 1 is 1.58 bits per heavy atom. The molecule has 2 rings (SSSR count). The van der Waals surface area contributed by atoms with E-state index in [0.717, 1.165) is 18.9 Å². The second-order valence-electron chi connectivity index (χ2n) is 3.66. The summed E-state index contributed by atoms with van der Waals surface area (Å²) in [4.78, 5) is 0. The Kier molecular flexibility index (Phi) is 1.65. The largest absolute Gasteiger partial charge is 0.379 e. The van der Waals surface area contributed by atoms with Crippen LogP contribution in [0.4, 0.5) is 0 Å². The third kappa shape index (κ3) is 0.876. The van der Waals surface area contributed by atoms with Crippen molar-refractivity contribution in [2.24, 2.45) is 5.92 Å².